The average molecular weight is 144 g/mol. The third kappa shape index (κ3) is 2.64. The van der Waals surface area contributed by atoms with Crippen LogP contribution in [0.15, 0.2) is 0 Å². The van der Waals surface area contributed by atoms with Crippen LogP contribution in [-0.4, -0.2) is 48.4 Å². The lowest BCUT2D eigenvalue weighted by atomic mass is 10.3. The monoisotopic (exact) mass is 144 g/mol. The Kier molecular flexibility index (Phi) is 3.12. The zero-order chi connectivity index (χ0) is 7.40. The number of nitrogens with zero attached hydrogens (tertiary/aromatic N) is 2. The summed E-state index contributed by atoms with van der Waals surface area (Å²) >= 11 is 0. The summed E-state index contributed by atoms with van der Waals surface area (Å²) in [5, 5.41) is 10.5. The Hall–Kier alpha value is -0.120. The van der Waals surface area contributed by atoms with Crippen molar-refractivity contribution in [3.63, 3.8) is 0 Å². The maximum Gasteiger partial charge on any atom is 0.0250 e. The minimum absolute atomic E-state index is 0.824. The van der Waals surface area contributed by atoms with E-state index in [9.17, 15) is 0 Å². The molecular weight excluding hydrogens is 128 g/mol. The van der Waals surface area contributed by atoms with Crippen LogP contribution in [0.25, 0.3) is 0 Å². The predicted octanol–water partition coefficient (Wildman–Crippen LogP) is 0.403. The quantitative estimate of drug-likeness (QED) is 0.533. The standard InChI is InChI=1S/C7H16N2O/c1-8-4-2-6-9(10)7-3-5-8/h10H,2-7H2,1H3. The summed E-state index contributed by atoms with van der Waals surface area (Å²) < 4.78 is 0. The first-order valence-corrected chi connectivity index (χ1v) is 3.91. The van der Waals surface area contributed by atoms with Crippen molar-refractivity contribution in [2.75, 3.05) is 33.2 Å². The van der Waals surface area contributed by atoms with E-state index >= 15 is 0 Å². The molecule has 0 aromatic heterocycles. The first-order valence-electron chi connectivity index (χ1n) is 3.91. The van der Waals surface area contributed by atoms with Crippen LogP contribution < -0.4 is 0 Å². The third-order valence-corrected chi connectivity index (χ3v) is 1.91. The molecule has 0 unspecified atom stereocenters. The number of hydrogen-bond acceptors (Lipinski definition) is 3. The zero-order valence-electron chi connectivity index (χ0n) is 6.58. The van der Waals surface area contributed by atoms with Crippen LogP contribution in [0.1, 0.15) is 12.8 Å². The molecule has 0 aliphatic carbocycles. The molecule has 1 aliphatic heterocycles. The van der Waals surface area contributed by atoms with E-state index in [-0.39, 0.29) is 0 Å². The molecule has 0 spiro atoms. The van der Waals surface area contributed by atoms with E-state index in [0.717, 1.165) is 39.0 Å². The third-order valence-electron chi connectivity index (χ3n) is 1.91. The second-order valence-corrected chi connectivity index (χ2v) is 2.96. The highest BCUT2D eigenvalue weighted by molar-refractivity contribution is 4.59. The number of hydroxylamine groups is 2. The van der Waals surface area contributed by atoms with Crippen molar-refractivity contribution in [2.24, 2.45) is 0 Å². The number of rotatable bonds is 0. The van der Waals surface area contributed by atoms with Gasteiger partial charge in [-0.15, -0.1) is 0 Å². The molecule has 0 aromatic carbocycles. The van der Waals surface area contributed by atoms with Crippen molar-refractivity contribution in [1.82, 2.24) is 9.96 Å². The van der Waals surface area contributed by atoms with Crippen molar-refractivity contribution < 1.29 is 5.21 Å². The highest BCUT2D eigenvalue weighted by atomic mass is 16.5. The Bertz CT molecular complexity index is 77.6. The van der Waals surface area contributed by atoms with Crippen molar-refractivity contribution in [2.45, 2.75) is 12.8 Å². The smallest absolute Gasteiger partial charge is 0.0250 e. The first-order chi connectivity index (χ1) is 4.79. The normalized spacial score (nSPS) is 25.8. The molecule has 1 rings (SSSR count). The molecule has 3 heteroatoms. The maximum absolute atomic E-state index is 9.12. The summed E-state index contributed by atoms with van der Waals surface area (Å²) in [7, 11) is 2.13. The van der Waals surface area contributed by atoms with Gasteiger partial charge in [0.1, 0.15) is 0 Å². The molecule has 0 atom stereocenters. The first kappa shape index (κ1) is 7.98. The SMILES string of the molecule is CN1CCCN(O)CCC1. The van der Waals surface area contributed by atoms with Gasteiger partial charge in [-0.1, -0.05) is 0 Å². The maximum atomic E-state index is 9.12. The van der Waals surface area contributed by atoms with Gasteiger partial charge in [0.05, 0.1) is 0 Å². The number of hydrogen-bond donors (Lipinski definition) is 1. The Balaban J connectivity index is 2.21. The molecular formula is C7H16N2O. The molecule has 0 aromatic rings. The van der Waals surface area contributed by atoms with Crippen molar-refractivity contribution in [3.05, 3.63) is 0 Å². The van der Waals surface area contributed by atoms with Gasteiger partial charge in [-0.2, -0.15) is 5.06 Å². The molecule has 3 nitrogen and oxygen atoms in total. The van der Waals surface area contributed by atoms with Gasteiger partial charge in [0.15, 0.2) is 0 Å². The lowest BCUT2D eigenvalue weighted by Crippen LogP contribution is -2.32. The van der Waals surface area contributed by atoms with Crippen LogP contribution in [0.2, 0.25) is 0 Å². The molecule has 1 fully saturated rings. The van der Waals surface area contributed by atoms with Crippen LogP contribution in [0.4, 0.5) is 0 Å². The molecule has 10 heavy (non-hydrogen) atoms. The van der Waals surface area contributed by atoms with E-state index in [1.807, 2.05) is 0 Å². The molecule has 60 valence electrons. The van der Waals surface area contributed by atoms with E-state index in [1.165, 1.54) is 5.06 Å². The van der Waals surface area contributed by atoms with Gasteiger partial charge in [0, 0.05) is 13.1 Å². The summed E-state index contributed by atoms with van der Waals surface area (Å²) in [4.78, 5) is 2.31. The molecule has 1 heterocycles. The van der Waals surface area contributed by atoms with Gasteiger partial charge >= 0.3 is 0 Å². The predicted molar refractivity (Wildman–Crippen MR) is 40.1 cm³/mol. The molecule has 1 aliphatic rings. The highest BCUT2D eigenvalue weighted by Crippen LogP contribution is 1.98. The molecule has 1 saturated heterocycles. The lowest BCUT2D eigenvalue weighted by Gasteiger charge is -2.23. The Morgan fingerprint density at radius 3 is 2.00 bits per heavy atom. The van der Waals surface area contributed by atoms with Gasteiger partial charge < -0.3 is 10.1 Å². The summed E-state index contributed by atoms with van der Waals surface area (Å²) in [6.45, 7) is 3.86. The van der Waals surface area contributed by atoms with Gasteiger partial charge in [0.2, 0.25) is 0 Å². The summed E-state index contributed by atoms with van der Waals surface area (Å²) in [5.41, 5.74) is 0. The van der Waals surface area contributed by atoms with Gasteiger partial charge in [-0.05, 0) is 33.0 Å². The highest BCUT2D eigenvalue weighted by Gasteiger charge is 2.06. The summed E-state index contributed by atoms with van der Waals surface area (Å²) in [6, 6.07) is 0. The fourth-order valence-corrected chi connectivity index (χ4v) is 1.27. The molecule has 0 bridgehead atoms. The van der Waals surface area contributed by atoms with Crippen molar-refractivity contribution >= 4 is 0 Å². The largest absolute Gasteiger partial charge is 0.314 e. The van der Waals surface area contributed by atoms with Crippen LogP contribution in [0, 0.1) is 0 Å². The van der Waals surface area contributed by atoms with Gasteiger partial charge in [-0.25, -0.2) is 0 Å². The summed E-state index contributed by atoms with van der Waals surface area (Å²) in [6.07, 6.45) is 2.15. The topological polar surface area (TPSA) is 26.7 Å². The fourth-order valence-electron chi connectivity index (χ4n) is 1.27. The molecule has 0 radical (unpaired) electrons. The van der Waals surface area contributed by atoms with Crippen LogP contribution in [0.3, 0.4) is 0 Å². The minimum Gasteiger partial charge on any atom is -0.314 e. The fraction of sp³-hybridized carbons (Fsp3) is 1.00. The minimum atomic E-state index is 0.824. The van der Waals surface area contributed by atoms with E-state index in [1.54, 1.807) is 0 Å². The van der Waals surface area contributed by atoms with Crippen LogP contribution in [0.5, 0.6) is 0 Å². The van der Waals surface area contributed by atoms with Crippen LogP contribution in [-0.2, 0) is 0 Å². The molecule has 1 N–H and O–H groups in total. The average Bonchev–Trinajstić information content (AvgIpc) is 1.84. The van der Waals surface area contributed by atoms with Gasteiger partial charge in [-0.3, -0.25) is 0 Å². The Morgan fingerprint density at radius 2 is 1.50 bits per heavy atom. The van der Waals surface area contributed by atoms with Crippen LogP contribution >= 0.6 is 0 Å². The lowest BCUT2D eigenvalue weighted by molar-refractivity contribution is -0.0976. The summed E-state index contributed by atoms with van der Waals surface area (Å²) in [5.74, 6) is 0. The molecule has 0 amide bonds. The Morgan fingerprint density at radius 1 is 1.00 bits per heavy atom. The van der Waals surface area contributed by atoms with Crippen molar-refractivity contribution in [3.8, 4) is 0 Å². The van der Waals surface area contributed by atoms with E-state index in [2.05, 4.69) is 11.9 Å². The Labute approximate surface area is 62.2 Å². The van der Waals surface area contributed by atoms with E-state index in [0.29, 0.717) is 0 Å². The second-order valence-electron chi connectivity index (χ2n) is 2.96. The zero-order valence-corrected chi connectivity index (χ0v) is 6.58. The van der Waals surface area contributed by atoms with Gasteiger partial charge in [0.25, 0.3) is 0 Å². The second kappa shape index (κ2) is 3.91. The van der Waals surface area contributed by atoms with Crippen molar-refractivity contribution in [1.29, 1.82) is 0 Å². The molecule has 0 saturated carbocycles. The van der Waals surface area contributed by atoms with E-state index < -0.39 is 0 Å². The van der Waals surface area contributed by atoms with E-state index in [4.69, 9.17) is 5.21 Å².